The smallest absolute Gasteiger partial charge is 0.206 e. The van der Waals surface area contributed by atoms with Crippen LogP contribution in [0.2, 0.25) is 0 Å². The van der Waals surface area contributed by atoms with Gasteiger partial charge in [-0.25, -0.2) is 8.78 Å². The van der Waals surface area contributed by atoms with Gasteiger partial charge in [0.1, 0.15) is 17.2 Å². The molecule has 0 amide bonds. The maximum atomic E-state index is 13.6. The third-order valence-corrected chi connectivity index (χ3v) is 4.06. The molecule has 0 atom stereocenters. The molecule has 0 bridgehead atoms. The van der Waals surface area contributed by atoms with Gasteiger partial charge in [0.2, 0.25) is 0 Å². The summed E-state index contributed by atoms with van der Waals surface area (Å²) in [5, 5.41) is 0. The zero-order chi connectivity index (χ0) is 15.6. The third-order valence-electron chi connectivity index (χ3n) is 4.06. The second-order valence-corrected chi connectivity index (χ2v) is 5.49. The van der Waals surface area contributed by atoms with Crippen LogP contribution in [-0.2, 0) is 6.18 Å². The number of alkyl halides is 3. The Kier molecular flexibility index (Phi) is 4.69. The first-order valence-electron chi connectivity index (χ1n) is 7.02. The second kappa shape index (κ2) is 6.16. The van der Waals surface area contributed by atoms with E-state index in [9.17, 15) is 22.0 Å². The summed E-state index contributed by atoms with van der Waals surface area (Å²) in [6, 6.07) is 1.68. The minimum atomic E-state index is -5.00. The summed E-state index contributed by atoms with van der Waals surface area (Å²) in [5.41, 5.74) is -1.47. The lowest BCUT2D eigenvalue weighted by Gasteiger charge is -2.27. The minimum Gasteiger partial charge on any atom is -0.206 e. The predicted molar refractivity (Wildman–Crippen MR) is 70.9 cm³/mol. The molecule has 0 heterocycles. The van der Waals surface area contributed by atoms with Crippen LogP contribution < -0.4 is 0 Å². The van der Waals surface area contributed by atoms with E-state index in [1.807, 2.05) is 13.0 Å². The Morgan fingerprint density at radius 2 is 1.52 bits per heavy atom. The van der Waals surface area contributed by atoms with Crippen LogP contribution in [0.15, 0.2) is 24.3 Å². The van der Waals surface area contributed by atoms with Crippen molar-refractivity contribution in [3.63, 3.8) is 0 Å². The highest BCUT2D eigenvalue weighted by Crippen LogP contribution is 2.39. The highest BCUT2D eigenvalue weighted by molar-refractivity contribution is 5.30. The van der Waals surface area contributed by atoms with Gasteiger partial charge in [0.15, 0.2) is 0 Å². The van der Waals surface area contributed by atoms with Crippen LogP contribution in [0.3, 0.4) is 0 Å². The normalized spacial score (nSPS) is 23.7. The number of halogens is 5. The van der Waals surface area contributed by atoms with E-state index in [1.54, 1.807) is 0 Å². The highest BCUT2D eigenvalue weighted by atomic mass is 19.4. The molecule has 0 N–H and O–H groups in total. The van der Waals surface area contributed by atoms with Gasteiger partial charge >= 0.3 is 6.18 Å². The van der Waals surface area contributed by atoms with Crippen LogP contribution >= 0.6 is 0 Å². The van der Waals surface area contributed by atoms with Crippen LogP contribution in [0.4, 0.5) is 22.0 Å². The third kappa shape index (κ3) is 3.63. The van der Waals surface area contributed by atoms with Crippen molar-refractivity contribution in [2.24, 2.45) is 5.92 Å². The lowest BCUT2D eigenvalue weighted by molar-refractivity contribution is -0.142. The van der Waals surface area contributed by atoms with Crippen molar-refractivity contribution < 1.29 is 22.0 Å². The fraction of sp³-hybridized carbons (Fsp3) is 0.500. The molecule has 2 rings (SSSR count). The molecule has 0 aromatic heterocycles. The van der Waals surface area contributed by atoms with Crippen molar-refractivity contribution in [1.82, 2.24) is 0 Å². The first-order valence-corrected chi connectivity index (χ1v) is 7.02. The molecule has 1 aromatic rings. The van der Waals surface area contributed by atoms with Crippen LogP contribution in [0.25, 0.3) is 0 Å². The van der Waals surface area contributed by atoms with Gasteiger partial charge in [0.25, 0.3) is 0 Å². The molecular formula is C16H17F5. The summed E-state index contributed by atoms with van der Waals surface area (Å²) in [4.78, 5) is 0. The molecule has 1 aliphatic rings. The van der Waals surface area contributed by atoms with Crippen molar-refractivity contribution in [3.05, 3.63) is 47.0 Å². The molecule has 0 unspecified atom stereocenters. The molecular weight excluding hydrogens is 287 g/mol. The predicted octanol–water partition coefficient (Wildman–Crippen LogP) is 5.83. The van der Waals surface area contributed by atoms with E-state index in [4.69, 9.17) is 0 Å². The van der Waals surface area contributed by atoms with Gasteiger partial charge in [-0.15, -0.1) is 0 Å². The number of allylic oxidation sites excluding steroid dienone is 2. The van der Waals surface area contributed by atoms with E-state index in [-0.39, 0.29) is 5.92 Å². The first kappa shape index (κ1) is 16.0. The van der Waals surface area contributed by atoms with Gasteiger partial charge in [-0.3, -0.25) is 0 Å². The Labute approximate surface area is 120 Å². The number of hydrogen-bond acceptors (Lipinski definition) is 0. The van der Waals surface area contributed by atoms with Gasteiger partial charge in [-0.2, -0.15) is 13.2 Å². The van der Waals surface area contributed by atoms with E-state index in [1.165, 1.54) is 0 Å². The van der Waals surface area contributed by atoms with Gasteiger partial charge in [0.05, 0.1) is 0 Å². The minimum absolute atomic E-state index is 0.0715. The Bertz CT molecular complexity index is 499. The molecule has 5 heteroatoms. The standard InChI is InChI=1S/C16H17F5/c1-2-3-10-4-6-11(7-5-10)12-8-13(17)15(14(18)9-12)16(19,20)21/h2-3,8-11H,4-7H2,1H3. The van der Waals surface area contributed by atoms with E-state index in [0.717, 1.165) is 37.8 Å². The molecule has 0 spiro atoms. The Balaban J connectivity index is 2.20. The Hall–Kier alpha value is -1.39. The SMILES string of the molecule is CC=CC1CCC(c2cc(F)c(C(F)(F)F)c(F)c2)CC1. The van der Waals surface area contributed by atoms with Crippen LogP contribution in [0.5, 0.6) is 0 Å². The second-order valence-electron chi connectivity index (χ2n) is 5.49. The van der Waals surface area contributed by atoms with Gasteiger partial charge in [0, 0.05) is 0 Å². The van der Waals surface area contributed by atoms with Crippen LogP contribution in [-0.4, -0.2) is 0 Å². The van der Waals surface area contributed by atoms with E-state index >= 15 is 0 Å². The zero-order valence-electron chi connectivity index (χ0n) is 11.7. The summed E-state index contributed by atoms with van der Waals surface area (Å²) >= 11 is 0. The van der Waals surface area contributed by atoms with Gasteiger partial charge < -0.3 is 0 Å². The molecule has 0 nitrogen and oxygen atoms in total. The fourth-order valence-electron chi connectivity index (χ4n) is 3.02. The summed E-state index contributed by atoms with van der Waals surface area (Å²) in [7, 11) is 0. The average Bonchev–Trinajstić information content (AvgIpc) is 2.37. The van der Waals surface area contributed by atoms with Crippen molar-refractivity contribution in [2.45, 2.75) is 44.7 Å². The van der Waals surface area contributed by atoms with E-state index < -0.39 is 23.4 Å². The van der Waals surface area contributed by atoms with Crippen molar-refractivity contribution >= 4 is 0 Å². The largest absolute Gasteiger partial charge is 0.422 e. The fourth-order valence-corrected chi connectivity index (χ4v) is 3.02. The monoisotopic (exact) mass is 304 g/mol. The van der Waals surface area contributed by atoms with Crippen LogP contribution in [0, 0.1) is 17.6 Å². The quantitative estimate of drug-likeness (QED) is 0.476. The van der Waals surface area contributed by atoms with Crippen LogP contribution in [0.1, 0.15) is 49.7 Å². The van der Waals surface area contributed by atoms with E-state index in [0.29, 0.717) is 11.5 Å². The van der Waals surface area contributed by atoms with E-state index in [2.05, 4.69) is 6.08 Å². The summed E-state index contributed by atoms with van der Waals surface area (Å²) in [6.45, 7) is 1.94. The molecule has 1 aliphatic carbocycles. The molecule has 1 aromatic carbocycles. The topological polar surface area (TPSA) is 0 Å². The molecule has 0 aliphatic heterocycles. The molecule has 0 saturated heterocycles. The summed E-state index contributed by atoms with van der Waals surface area (Å²) in [6.07, 6.45) is 2.32. The highest BCUT2D eigenvalue weighted by Gasteiger charge is 2.38. The average molecular weight is 304 g/mol. The lowest BCUT2D eigenvalue weighted by Crippen LogP contribution is -2.15. The molecule has 116 valence electrons. The van der Waals surface area contributed by atoms with Gasteiger partial charge in [-0.05, 0) is 62.1 Å². The molecule has 21 heavy (non-hydrogen) atoms. The summed E-state index contributed by atoms with van der Waals surface area (Å²) < 4.78 is 64.8. The number of benzene rings is 1. The van der Waals surface area contributed by atoms with Gasteiger partial charge in [-0.1, -0.05) is 12.2 Å². The zero-order valence-corrected chi connectivity index (χ0v) is 11.7. The molecule has 1 fully saturated rings. The maximum absolute atomic E-state index is 13.6. The summed E-state index contributed by atoms with van der Waals surface area (Å²) in [5.74, 6) is -2.66. The number of hydrogen-bond donors (Lipinski definition) is 0. The number of rotatable bonds is 2. The lowest BCUT2D eigenvalue weighted by atomic mass is 9.78. The van der Waals surface area contributed by atoms with Crippen molar-refractivity contribution in [3.8, 4) is 0 Å². The van der Waals surface area contributed by atoms with Crippen molar-refractivity contribution in [1.29, 1.82) is 0 Å². The Morgan fingerprint density at radius 1 is 1.00 bits per heavy atom. The van der Waals surface area contributed by atoms with Crippen molar-refractivity contribution in [2.75, 3.05) is 0 Å². The first-order chi connectivity index (χ1) is 9.82. The molecule has 1 saturated carbocycles. The molecule has 0 radical (unpaired) electrons. The maximum Gasteiger partial charge on any atom is 0.422 e. The Morgan fingerprint density at radius 3 is 1.95 bits per heavy atom.